The van der Waals surface area contributed by atoms with Crippen molar-refractivity contribution in [2.75, 3.05) is 18.8 Å². The van der Waals surface area contributed by atoms with Gasteiger partial charge in [-0.3, -0.25) is 0 Å². The van der Waals surface area contributed by atoms with Crippen LogP contribution in [0.2, 0.25) is 0 Å². The molecule has 0 amide bonds. The van der Waals surface area contributed by atoms with Crippen LogP contribution in [-0.2, 0) is 10.0 Å². The highest BCUT2D eigenvalue weighted by Crippen LogP contribution is 2.21. The molecule has 1 heterocycles. The summed E-state index contributed by atoms with van der Waals surface area (Å²) in [6, 6.07) is -0.319. The van der Waals surface area contributed by atoms with Crippen LogP contribution in [0.3, 0.4) is 0 Å². The summed E-state index contributed by atoms with van der Waals surface area (Å²) in [6.45, 7) is 9.20. The van der Waals surface area contributed by atoms with Gasteiger partial charge < -0.3 is 9.84 Å². The second kappa shape index (κ2) is 7.75. The molecule has 20 heavy (non-hydrogen) atoms. The summed E-state index contributed by atoms with van der Waals surface area (Å²) < 4.78 is 31.8. The minimum Gasteiger partial charge on any atom is -0.361 e. The molecular weight excluding hydrogens is 278 g/mol. The zero-order chi connectivity index (χ0) is 15.2. The van der Waals surface area contributed by atoms with E-state index in [2.05, 4.69) is 15.2 Å². The number of unbranched alkanes of at least 4 members (excludes halogenated alkanes) is 1. The van der Waals surface area contributed by atoms with Crippen molar-refractivity contribution in [1.29, 1.82) is 0 Å². The monoisotopic (exact) mass is 303 g/mol. The molecule has 0 aliphatic carbocycles. The predicted octanol–water partition coefficient (Wildman–Crippen LogP) is 1.66. The minimum absolute atomic E-state index is 0.145. The van der Waals surface area contributed by atoms with Crippen LogP contribution in [0.25, 0.3) is 0 Å². The van der Waals surface area contributed by atoms with Gasteiger partial charge in [0, 0.05) is 11.6 Å². The molecule has 1 unspecified atom stereocenters. The third kappa shape index (κ3) is 5.22. The van der Waals surface area contributed by atoms with Crippen LogP contribution in [0.5, 0.6) is 0 Å². The number of aryl methyl sites for hydroxylation is 2. The van der Waals surface area contributed by atoms with Crippen LogP contribution in [0.15, 0.2) is 4.52 Å². The number of nitrogens with zero attached hydrogens (tertiary/aromatic N) is 1. The highest BCUT2D eigenvalue weighted by molar-refractivity contribution is 7.89. The molecule has 6 nitrogen and oxygen atoms in total. The molecule has 0 aromatic carbocycles. The van der Waals surface area contributed by atoms with E-state index in [0.717, 1.165) is 30.8 Å². The molecule has 116 valence electrons. The average molecular weight is 303 g/mol. The zero-order valence-corrected chi connectivity index (χ0v) is 13.5. The first kappa shape index (κ1) is 17.1. The Morgan fingerprint density at radius 3 is 2.55 bits per heavy atom. The average Bonchev–Trinajstić information content (AvgIpc) is 2.68. The SMILES string of the molecule is CCNCCCCS(=O)(=O)NC(C)c1c(C)noc1C. The molecule has 1 rings (SSSR count). The number of nitrogens with one attached hydrogen (secondary N) is 2. The van der Waals surface area contributed by atoms with E-state index in [1.165, 1.54) is 0 Å². The van der Waals surface area contributed by atoms with E-state index in [1.807, 2.05) is 20.8 Å². The van der Waals surface area contributed by atoms with Crippen molar-refractivity contribution in [2.24, 2.45) is 0 Å². The number of rotatable bonds is 9. The van der Waals surface area contributed by atoms with Crippen LogP contribution in [0.1, 0.15) is 49.7 Å². The number of aromatic nitrogens is 1. The summed E-state index contributed by atoms with van der Waals surface area (Å²) >= 11 is 0. The molecule has 1 atom stereocenters. The van der Waals surface area contributed by atoms with Gasteiger partial charge in [-0.2, -0.15) is 0 Å². The summed E-state index contributed by atoms with van der Waals surface area (Å²) in [7, 11) is -3.27. The van der Waals surface area contributed by atoms with Crippen molar-refractivity contribution >= 4 is 10.0 Å². The Morgan fingerprint density at radius 1 is 1.30 bits per heavy atom. The van der Waals surface area contributed by atoms with Crippen molar-refractivity contribution in [3.05, 3.63) is 17.0 Å². The minimum atomic E-state index is -3.27. The molecule has 1 aromatic rings. The molecule has 0 aliphatic heterocycles. The van der Waals surface area contributed by atoms with Crippen molar-refractivity contribution in [2.45, 2.75) is 46.6 Å². The summed E-state index contributed by atoms with van der Waals surface area (Å²) in [5.41, 5.74) is 1.55. The Kier molecular flexibility index (Phi) is 6.64. The van der Waals surface area contributed by atoms with Gasteiger partial charge in [-0.1, -0.05) is 12.1 Å². The van der Waals surface area contributed by atoms with Gasteiger partial charge in [0.05, 0.1) is 11.4 Å². The standard InChI is InChI=1S/C13H25N3O3S/c1-5-14-8-6-7-9-20(17,18)16-11(3)13-10(2)15-19-12(13)4/h11,14,16H,5-9H2,1-4H3. The normalized spacial score (nSPS) is 13.6. The molecule has 0 radical (unpaired) electrons. The maximum absolute atomic E-state index is 12.0. The fraction of sp³-hybridized carbons (Fsp3) is 0.769. The molecule has 0 spiro atoms. The first-order chi connectivity index (χ1) is 9.37. The fourth-order valence-corrected chi connectivity index (χ4v) is 3.57. The highest BCUT2D eigenvalue weighted by Gasteiger charge is 2.21. The largest absolute Gasteiger partial charge is 0.361 e. The number of hydrogen-bond acceptors (Lipinski definition) is 5. The molecule has 0 fully saturated rings. The molecule has 2 N–H and O–H groups in total. The molecule has 0 saturated heterocycles. The van der Waals surface area contributed by atoms with Gasteiger partial charge in [0.1, 0.15) is 5.76 Å². The molecular formula is C13H25N3O3S. The van der Waals surface area contributed by atoms with E-state index in [4.69, 9.17) is 4.52 Å². The first-order valence-electron chi connectivity index (χ1n) is 7.01. The van der Waals surface area contributed by atoms with Crippen LogP contribution < -0.4 is 10.0 Å². The van der Waals surface area contributed by atoms with E-state index in [9.17, 15) is 8.42 Å². The molecule has 0 bridgehead atoms. The van der Waals surface area contributed by atoms with E-state index in [1.54, 1.807) is 6.92 Å². The highest BCUT2D eigenvalue weighted by atomic mass is 32.2. The third-order valence-corrected chi connectivity index (χ3v) is 4.68. The maximum atomic E-state index is 12.0. The van der Waals surface area contributed by atoms with Gasteiger partial charge in [-0.25, -0.2) is 13.1 Å². The van der Waals surface area contributed by atoms with Crippen molar-refractivity contribution in [1.82, 2.24) is 15.2 Å². The van der Waals surface area contributed by atoms with Crippen molar-refractivity contribution in [3.8, 4) is 0 Å². The smallest absolute Gasteiger partial charge is 0.212 e. The summed E-state index contributed by atoms with van der Waals surface area (Å²) in [5.74, 6) is 0.802. The number of sulfonamides is 1. The van der Waals surface area contributed by atoms with Gasteiger partial charge in [0.2, 0.25) is 10.0 Å². The Hall–Kier alpha value is -0.920. The van der Waals surface area contributed by atoms with Crippen molar-refractivity contribution in [3.63, 3.8) is 0 Å². The van der Waals surface area contributed by atoms with Crippen LogP contribution in [0.4, 0.5) is 0 Å². The summed E-state index contributed by atoms with van der Waals surface area (Å²) in [5, 5.41) is 7.02. The fourth-order valence-electron chi connectivity index (χ4n) is 2.21. The molecule has 1 aromatic heterocycles. The van der Waals surface area contributed by atoms with E-state index in [0.29, 0.717) is 12.2 Å². The summed E-state index contributed by atoms with van der Waals surface area (Å²) in [6.07, 6.45) is 1.51. The van der Waals surface area contributed by atoms with Gasteiger partial charge >= 0.3 is 0 Å². The molecule has 7 heteroatoms. The van der Waals surface area contributed by atoms with E-state index >= 15 is 0 Å². The quantitative estimate of drug-likeness (QED) is 0.678. The topological polar surface area (TPSA) is 84.2 Å². The van der Waals surface area contributed by atoms with Crippen LogP contribution in [-0.4, -0.2) is 32.4 Å². The van der Waals surface area contributed by atoms with Gasteiger partial charge in [-0.05, 0) is 46.7 Å². The first-order valence-corrected chi connectivity index (χ1v) is 8.66. The van der Waals surface area contributed by atoms with Gasteiger partial charge in [0.15, 0.2) is 0 Å². The Bertz CT molecular complexity index is 491. The van der Waals surface area contributed by atoms with E-state index < -0.39 is 10.0 Å². The van der Waals surface area contributed by atoms with Crippen molar-refractivity contribution < 1.29 is 12.9 Å². The van der Waals surface area contributed by atoms with E-state index in [-0.39, 0.29) is 11.8 Å². The second-order valence-electron chi connectivity index (χ2n) is 4.96. The number of hydrogen-bond donors (Lipinski definition) is 2. The Morgan fingerprint density at radius 2 is 2.00 bits per heavy atom. The Balaban J connectivity index is 2.50. The van der Waals surface area contributed by atoms with Gasteiger partial charge in [-0.15, -0.1) is 0 Å². The lowest BCUT2D eigenvalue weighted by Gasteiger charge is -2.14. The Labute approximate surface area is 121 Å². The van der Waals surface area contributed by atoms with Crippen LogP contribution in [0, 0.1) is 13.8 Å². The lowest BCUT2D eigenvalue weighted by Crippen LogP contribution is -2.30. The zero-order valence-electron chi connectivity index (χ0n) is 12.7. The third-order valence-electron chi connectivity index (χ3n) is 3.14. The predicted molar refractivity (Wildman–Crippen MR) is 79.1 cm³/mol. The maximum Gasteiger partial charge on any atom is 0.212 e. The lowest BCUT2D eigenvalue weighted by molar-refractivity contribution is 0.391. The van der Waals surface area contributed by atoms with Crippen LogP contribution >= 0.6 is 0 Å². The molecule has 0 aliphatic rings. The van der Waals surface area contributed by atoms with Gasteiger partial charge in [0.25, 0.3) is 0 Å². The molecule has 0 saturated carbocycles. The lowest BCUT2D eigenvalue weighted by atomic mass is 10.1. The summed E-state index contributed by atoms with van der Waals surface area (Å²) in [4.78, 5) is 0. The second-order valence-corrected chi connectivity index (χ2v) is 6.83.